The second-order valence-corrected chi connectivity index (χ2v) is 8.74. The highest BCUT2D eigenvalue weighted by Gasteiger charge is 2.45. The van der Waals surface area contributed by atoms with Gasteiger partial charge in [-0.2, -0.15) is 10.5 Å². The van der Waals surface area contributed by atoms with Crippen molar-refractivity contribution in [3.05, 3.63) is 58.7 Å². The first-order chi connectivity index (χ1) is 16.4. The number of fused-ring (bicyclic) bond motifs is 10. The number of aryl methyl sites for hydroxylation is 1. The average Bonchev–Trinajstić information content (AvgIpc) is 3.61. The van der Waals surface area contributed by atoms with Crippen LogP contribution in [0.15, 0.2) is 36.4 Å². The molecule has 0 radical (unpaired) electrons. The minimum absolute atomic E-state index is 0.188. The van der Waals surface area contributed by atoms with Gasteiger partial charge >= 0.3 is 0 Å². The number of nitrogens with zero attached hydrogens (tertiary/aromatic N) is 2. The lowest BCUT2D eigenvalue weighted by Gasteiger charge is -2.22. The van der Waals surface area contributed by atoms with E-state index in [1.54, 1.807) is 12.1 Å². The molecule has 1 saturated carbocycles. The standard InChI is InChI=1S/C26H26N4O4/c1-17-12-18-4-6-22(17)33-10-2-3-11-34-23-7-5-19(15-27)13-20(23)24(31)29-21(14-18)25(32)30-26(16-28)8-9-26/h4-7,12-13,21H,2-3,8-11,14H2,1H3,(H,29,31)(H,30,32)/t21-/m0/s1. The number of carbonyl (C=O) groups is 2. The molecule has 2 aliphatic heterocycles. The lowest BCUT2D eigenvalue weighted by molar-refractivity contribution is -0.123. The Hall–Kier alpha value is -4.04. The van der Waals surface area contributed by atoms with E-state index in [1.807, 2.05) is 31.2 Å². The molecule has 2 bridgehead atoms. The molecule has 34 heavy (non-hydrogen) atoms. The van der Waals surface area contributed by atoms with Crippen molar-refractivity contribution in [2.45, 2.75) is 50.6 Å². The summed E-state index contributed by atoms with van der Waals surface area (Å²) in [5.41, 5.74) is 1.43. The molecule has 5 rings (SSSR count). The summed E-state index contributed by atoms with van der Waals surface area (Å²) in [6, 6.07) is 13.6. The lowest BCUT2D eigenvalue weighted by atomic mass is 10.0. The van der Waals surface area contributed by atoms with E-state index in [1.165, 1.54) is 6.07 Å². The second-order valence-electron chi connectivity index (χ2n) is 8.74. The zero-order chi connectivity index (χ0) is 24.1. The summed E-state index contributed by atoms with van der Waals surface area (Å²) >= 11 is 0. The van der Waals surface area contributed by atoms with Gasteiger partial charge in [-0.1, -0.05) is 12.1 Å². The summed E-state index contributed by atoms with van der Waals surface area (Å²) < 4.78 is 11.7. The summed E-state index contributed by atoms with van der Waals surface area (Å²) in [7, 11) is 0. The Morgan fingerprint density at radius 3 is 2.44 bits per heavy atom. The minimum atomic E-state index is -0.920. The molecule has 174 valence electrons. The van der Waals surface area contributed by atoms with Gasteiger partial charge in [-0.15, -0.1) is 0 Å². The number of hydrogen-bond acceptors (Lipinski definition) is 6. The largest absolute Gasteiger partial charge is 0.493 e. The van der Waals surface area contributed by atoms with Crippen molar-refractivity contribution in [3.63, 3.8) is 0 Å². The molecule has 0 unspecified atom stereocenters. The molecule has 0 spiro atoms. The molecule has 2 aromatic rings. The van der Waals surface area contributed by atoms with Gasteiger partial charge in [-0.3, -0.25) is 9.59 Å². The van der Waals surface area contributed by atoms with Gasteiger partial charge in [0.25, 0.3) is 5.91 Å². The van der Waals surface area contributed by atoms with Crippen molar-refractivity contribution in [2.24, 2.45) is 0 Å². The molecule has 8 nitrogen and oxygen atoms in total. The van der Waals surface area contributed by atoms with Gasteiger partial charge in [-0.25, -0.2) is 0 Å². The first-order valence-electron chi connectivity index (χ1n) is 11.4. The fourth-order valence-corrected chi connectivity index (χ4v) is 3.87. The number of benzene rings is 2. The molecule has 2 aromatic carbocycles. The highest BCUT2D eigenvalue weighted by atomic mass is 16.5. The van der Waals surface area contributed by atoms with E-state index >= 15 is 0 Å². The third kappa shape index (κ3) is 5.29. The van der Waals surface area contributed by atoms with E-state index in [9.17, 15) is 20.1 Å². The van der Waals surface area contributed by atoms with Crippen molar-refractivity contribution in [3.8, 4) is 23.6 Å². The first-order valence-corrected chi connectivity index (χ1v) is 11.4. The van der Waals surface area contributed by atoms with E-state index in [0.29, 0.717) is 37.4 Å². The SMILES string of the molecule is Cc1cc2ccc1OCCCCOc1ccc(C#N)cc1C(=O)N[C@H](C(=O)NC1(C#N)CC1)C2. The quantitative estimate of drug-likeness (QED) is 0.713. The molecule has 3 aliphatic rings. The Morgan fingerprint density at radius 2 is 1.79 bits per heavy atom. The maximum Gasteiger partial charge on any atom is 0.255 e. The zero-order valence-electron chi connectivity index (χ0n) is 19.0. The molecular formula is C26H26N4O4. The number of hydrogen-bond donors (Lipinski definition) is 2. The van der Waals surface area contributed by atoms with E-state index in [0.717, 1.165) is 29.7 Å². The second kappa shape index (κ2) is 9.84. The van der Waals surface area contributed by atoms with E-state index < -0.39 is 23.4 Å². The Kier molecular flexibility index (Phi) is 6.70. The highest BCUT2D eigenvalue weighted by molar-refractivity contribution is 6.00. The predicted molar refractivity (Wildman–Crippen MR) is 123 cm³/mol. The first kappa shape index (κ1) is 23.1. The average molecular weight is 459 g/mol. The van der Waals surface area contributed by atoms with Crippen LogP contribution in [0, 0.1) is 29.6 Å². The number of amides is 2. The van der Waals surface area contributed by atoms with Crippen LogP contribution in [-0.2, 0) is 11.2 Å². The summed E-state index contributed by atoms with van der Waals surface area (Å²) in [5, 5.41) is 24.3. The van der Waals surface area contributed by atoms with Gasteiger partial charge in [0.2, 0.25) is 5.91 Å². The molecule has 2 N–H and O–H groups in total. The predicted octanol–water partition coefficient (Wildman–Crippen LogP) is 2.93. The van der Waals surface area contributed by atoms with Gasteiger partial charge in [0, 0.05) is 6.42 Å². The molecule has 1 atom stereocenters. The molecule has 1 aliphatic carbocycles. The van der Waals surface area contributed by atoms with Crippen molar-refractivity contribution < 1.29 is 19.1 Å². The minimum Gasteiger partial charge on any atom is -0.493 e. The van der Waals surface area contributed by atoms with Gasteiger partial charge in [0.15, 0.2) is 0 Å². The van der Waals surface area contributed by atoms with Crippen LogP contribution in [0.4, 0.5) is 0 Å². The van der Waals surface area contributed by atoms with Crippen molar-refractivity contribution in [1.29, 1.82) is 10.5 Å². The van der Waals surface area contributed by atoms with Crippen molar-refractivity contribution in [2.75, 3.05) is 13.2 Å². The molecule has 8 heteroatoms. The summed E-state index contributed by atoms with van der Waals surface area (Å²) in [6.45, 7) is 2.85. The van der Waals surface area contributed by atoms with Gasteiger partial charge in [0.05, 0.1) is 36.5 Å². The van der Waals surface area contributed by atoms with Gasteiger partial charge in [0.1, 0.15) is 23.1 Å². The smallest absolute Gasteiger partial charge is 0.255 e. The fraction of sp³-hybridized carbons (Fsp3) is 0.385. The third-order valence-corrected chi connectivity index (χ3v) is 6.03. The van der Waals surface area contributed by atoms with E-state index in [2.05, 4.69) is 16.7 Å². The van der Waals surface area contributed by atoms with Gasteiger partial charge < -0.3 is 20.1 Å². The topological polar surface area (TPSA) is 124 Å². The Labute approximate surface area is 198 Å². The lowest BCUT2D eigenvalue weighted by Crippen LogP contribution is -2.51. The van der Waals surface area contributed by atoms with Crippen LogP contribution in [0.3, 0.4) is 0 Å². The Bertz CT molecular complexity index is 1190. The van der Waals surface area contributed by atoms with Crippen molar-refractivity contribution in [1.82, 2.24) is 10.6 Å². The van der Waals surface area contributed by atoms with Gasteiger partial charge in [-0.05, 0) is 68.0 Å². The number of nitriles is 2. The number of ether oxygens (including phenoxy) is 2. The summed E-state index contributed by atoms with van der Waals surface area (Å²) in [6.07, 6.45) is 2.90. The van der Waals surface area contributed by atoms with Crippen LogP contribution in [-0.4, -0.2) is 36.6 Å². The number of carbonyl (C=O) groups excluding carboxylic acids is 2. The molecular weight excluding hydrogens is 432 g/mol. The number of rotatable bonds is 2. The maximum atomic E-state index is 13.3. The molecule has 2 heterocycles. The summed E-state index contributed by atoms with van der Waals surface area (Å²) in [4.78, 5) is 26.4. The fourth-order valence-electron chi connectivity index (χ4n) is 3.87. The monoisotopic (exact) mass is 458 g/mol. The van der Waals surface area contributed by atoms with Crippen LogP contribution in [0.1, 0.15) is 52.7 Å². The van der Waals surface area contributed by atoms with E-state index in [-0.39, 0.29) is 12.0 Å². The Balaban J connectivity index is 1.67. The van der Waals surface area contributed by atoms with Crippen LogP contribution in [0.25, 0.3) is 0 Å². The van der Waals surface area contributed by atoms with Crippen molar-refractivity contribution >= 4 is 11.8 Å². The zero-order valence-corrected chi connectivity index (χ0v) is 19.0. The Morgan fingerprint density at radius 1 is 1.09 bits per heavy atom. The molecule has 0 saturated heterocycles. The molecule has 1 fully saturated rings. The normalized spacial score (nSPS) is 19.3. The highest BCUT2D eigenvalue weighted by Crippen LogP contribution is 2.34. The van der Waals surface area contributed by atoms with Crippen LogP contribution in [0.5, 0.6) is 11.5 Å². The third-order valence-electron chi connectivity index (χ3n) is 6.03. The summed E-state index contributed by atoms with van der Waals surface area (Å²) in [5.74, 6) is 0.180. The molecule has 0 aromatic heterocycles. The van der Waals surface area contributed by atoms with Crippen LogP contribution < -0.4 is 20.1 Å². The van der Waals surface area contributed by atoms with Crippen LogP contribution >= 0.6 is 0 Å². The van der Waals surface area contributed by atoms with Crippen LogP contribution in [0.2, 0.25) is 0 Å². The number of nitrogens with one attached hydrogen (secondary N) is 2. The maximum absolute atomic E-state index is 13.3. The van der Waals surface area contributed by atoms with E-state index in [4.69, 9.17) is 9.47 Å². The molecule has 2 amide bonds.